The van der Waals surface area contributed by atoms with E-state index in [0.29, 0.717) is 77.3 Å². The molecule has 0 bridgehead atoms. The highest BCUT2D eigenvalue weighted by Crippen LogP contribution is 2.44. The standard InChI is InChI=1S/C38H62O8/c1-6-42-34-28-31(37(2,3)21-13-19-35(40)45-25-23-43-29-15-9-7-10-16-29)33(39)27-32(34)38(4,5)22-14-20-36(41)46-26-24-44-30-17-11-8-12-18-30/h27-30,39H,6-26H2,1-5H3. The number of phenolic OH excluding ortho intramolecular Hbond substituents is 1. The first-order chi connectivity index (χ1) is 22.0. The first-order valence-electron chi connectivity index (χ1n) is 18.1. The van der Waals surface area contributed by atoms with Crippen LogP contribution in [0.1, 0.15) is 148 Å². The van der Waals surface area contributed by atoms with Crippen LogP contribution in [0, 0.1) is 0 Å². The molecule has 0 amide bonds. The van der Waals surface area contributed by atoms with E-state index in [0.717, 1.165) is 49.0 Å². The van der Waals surface area contributed by atoms with E-state index in [1.165, 1.54) is 38.5 Å². The fourth-order valence-corrected chi connectivity index (χ4v) is 6.88. The quantitative estimate of drug-likeness (QED) is 0.111. The van der Waals surface area contributed by atoms with E-state index in [-0.39, 0.29) is 28.5 Å². The van der Waals surface area contributed by atoms with Crippen LogP contribution in [0.2, 0.25) is 0 Å². The second-order valence-electron chi connectivity index (χ2n) is 14.5. The number of carbonyl (C=O) groups excluding carboxylic acids is 2. The molecule has 0 atom stereocenters. The average molecular weight is 647 g/mol. The molecule has 0 radical (unpaired) electrons. The highest BCUT2D eigenvalue weighted by molar-refractivity contribution is 5.69. The molecule has 0 aromatic heterocycles. The zero-order chi connectivity index (χ0) is 33.4. The predicted molar refractivity (Wildman–Crippen MR) is 181 cm³/mol. The van der Waals surface area contributed by atoms with Gasteiger partial charge in [-0.3, -0.25) is 9.59 Å². The lowest BCUT2D eigenvalue weighted by Gasteiger charge is -2.31. The lowest BCUT2D eigenvalue weighted by atomic mass is 9.75. The number of phenols is 1. The summed E-state index contributed by atoms with van der Waals surface area (Å²) < 4.78 is 28.6. The van der Waals surface area contributed by atoms with Crippen LogP contribution in [0.5, 0.6) is 11.5 Å². The molecular formula is C38H62O8. The summed E-state index contributed by atoms with van der Waals surface area (Å²) in [5.41, 5.74) is 0.996. The van der Waals surface area contributed by atoms with Gasteiger partial charge in [-0.25, -0.2) is 0 Å². The molecule has 8 heteroatoms. The Bertz CT molecular complexity index is 1050. The van der Waals surface area contributed by atoms with Crippen molar-refractivity contribution in [3.05, 3.63) is 23.3 Å². The predicted octanol–water partition coefficient (Wildman–Crippen LogP) is 8.47. The normalized spacial score (nSPS) is 16.7. The second kappa shape index (κ2) is 19.5. The monoisotopic (exact) mass is 646 g/mol. The summed E-state index contributed by atoms with van der Waals surface area (Å²) in [5, 5.41) is 11.2. The van der Waals surface area contributed by atoms with Crippen molar-refractivity contribution < 1.29 is 38.4 Å². The number of rotatable bonds is 20. The first-order valence-corrected chi connectivity index (χ1v) is 18.1. The minimum Gasteiger partial charge on any atom is -0.508 e. The summed E-state index contributed by atoms with van der Waals surface area (Å²) >= 11 is 0. The smallest absolute Gasteiger partial charge is 0.305 e. The van der Waals surface area contributed by atoms with Crippen molar-refractivity contribution in [2.45, 2.75) is 160 Å². The van der Waals surface area contributed by atoms with Gasteiger partial charge in [-0.05, 0) is 81.3 Å². The number of ether oxygens (including phenoxy) is 5. The molecule has 262 valence electrons. The second-order valence-corrected chi connectivity index (χ2v) is 14.5. The van der Waals surface area contributed by atoms with Crippen LogP contribution in [-0.2, 0) is 39.4 Å². The van der Waals surface area contributed by atoms with Gasteiger partial charge in [-0.15, -0.1) is 0 Å². The van der Waals surface area contributed by atoms with Crippen molar-refractivity contribution in [2.24, 2.45) is 0 Å². The average Bonchev–Trinajstić information content (AvgIpc) is 3.03. The topological polar surface area (TPSA) is 101 Å². The van der Waals surface area contributed by atoms with E-state index < -0.39 is 0 Å². The number of carbonyl (C=O) groups is 2. The molecule has 46 heavy (non-hydrogen) atoms. The Balaban J connectivity index is 1.45. The molecule has 1 aromatic carbocycles. The van der Waals surface area contributed by atoms with Crippen LogP contribution < -0.4 is 4.74 Å². The fourth-order valence-electron chi connectivity index (χ4n) is 6.88. The maximum absolute atomic E-state index is 12.4. The Kier molecular flexibility index (Phi) is 16.2. The lowest BCUT2D eigenvalue weighted by molar-refractivity contribution is -0.147. The highest BCUT2D eigenvalue weighted by Gasteiger charge is 2.31. The van der Waals surface area contributed by atoms with E-state index in [9.17, 15) is 14.7 Å². The van der Waals surface area contributed by atoms with Gasteiger partial charge >= 0.3 is 11.9 Å². The van der Waals surface area contributed by atoms with Gasteiger partial charge < -0.3 is 28.8 Å². The van der Waals surface area contributed by atoms with Gasteiger partial charge in [0.05, 0.1) is 32.0 Å². The number of hydrogen-bond acceptors (Lipinski definition) is 8. The van der Waals surface area contributed by atoms with E-state index in [1.54, 1.807) is 0 Å². The molecule has 2 aliphatic rings. The summed E-state index contributed by atoms with van der Waals surface area (Å²) in [7, 11) is 0. The Morgan fingerprint density at radius 2 is 1.15 bits per heavy atom. The van der Waals surface area contributed by atoms with Crippen molar-refractivity contribution in [3.63, 3.8) is 0 Å². The molecule has 0 saturated heterocycles. The first kappa shape index (κ1) is 38.1. The molecule has 2 saturated carbocycles. The molecule has 0 unspecified atom stereocenters. The van der Waals surface area contributed by atoms with Crippen molar-refractivity contribution in [1.82, 2.24) is 0 Å². The van der Waals surface area contributed by atoms with Crippen molar-refractivity contribution >= 4 is 11.9 Å². The third-order valence-electron chi connectivity index (χ3n) is 9.73. The third kappa shape index (κ3) is 13.1. The van der Waals surface area contributed by atoms with Crippen LogP contribution in [0.25, 0.3) is 0 Å². The third-order valence-corrected chi connectivity index (χ3v) is 9.73. The van der Waals surface area contributed by atoms with Gasteiger partial charge in [0.2, 0.25) is 0 Å². The van der Waals surface area contributed by atoms with Crippen molar-refractivity contribution in [3.8, 4) is 11.5 Å². The summed E-state index contributed by atoms with van der Waals surface area (Å²) in [5.74, 6) is 0.547. The molecule has 1 N–H and O–H groups in total. The van der Waals surface area contributed by atoms with Crippen molar-refractivity contribution in [1.29, 1.82) is 0 Å². The molecule has 2 aliphatic carbocycles. The van der Waals surface area contributed by atoms with E-state index in [1.807, 2.05) is 19.1 Å². The molecule has 0 heterocycles. The van der Waals surface area contributed by atoms with Crippen LogP contribution in [0.15, 0.2) is 12.1 Å². The Morgan fingerprint density at radius 3 is 1.61 bits per heavy atom. The van der Waals surface area contributed by atoms with Crippen LogP contribution in [0.3, 0.4) is 0 Å². The molecule has 2 fully saturated rings. The molecule has 1 aromatic rings. The molecule has 3 rings (SSSR count). The zero-order valence-electron chi connectivity index (χ0n) is 29.5. The fraction of sp³-hybridized carbons (Fsp3) is 0.789. The lowest BCUT2D eigenvalue weighted by Crippen LogP contribution is -2.23. The van der Waals surface area contributed by atoms with Gasteiger partial charge in [0.15, 0.2) is 0 Å². The number of esters is 2. The van der Waals surface area contributed by atoms with Crippen LogP contribution >= 0.6 is 0 Å². The minimum absolute atomic E-state index is 0.204. The molecule has 8 nitrogen and oxygen atoms in total. The largest absolute Gasteiger partial charge is 0.508 e. The number of aromatic hydroxyl groups is 1. The minimum atomic E-state index is -0.382. The van der Waals surface area contributed by atoms with Crippen LogP contribution in [0.4, 0.5) is 0 Å². The van der Waals surface area contributed by atoms with E-state index in [2.05, 4.69) is 27.7 Å². The van der Waals surface area contributed by atoms with E-state index in [4.69, 9.17) is 23.7 Å². The van der Waals surface area contributed by atoms with Crippen molar-refractivity contribution in [2.75, 3.05) is 33.0 Å². The Labute approximate surface area is 278 Å². The summed E-state index contributed by atoms with van der Waals surface area (Å²) in [6.07, 6.45) is 15.9. The van der Waals surface area contributed by atoms with Gasteiger partial charge in [0.25, 0.3) is 0 Å². The number of benzene rings is 1. The van der Waals surface area contributed by atoms with Gasteiger partial charge in [-0.1, -0.05) is 66.2 Å². The highest BCUT2D eigenvalue weighted by atomic mass is 16.6. The maximum atomic E-state index is 12.4. The SMILES string of the molecule is CCOc1cc(C(C)(C)CCCC(=O)OCCOC2CCCCC2)c(O)cc1C(C)(C)CCCC(=O)OCCOC1CCCCC1. The number of hydrogen-bond donors (Lipinski definition) is 1. The maximum Gasteiger partial charge on any atom is 0.305 e. The Hall–Kier alpha value is -2.32. The van der Waals surface area contributed by atoms with Gasteiger partial charge in [-0.2, -0.15) is 0 Å². The summed E-state index contributed by atoms with van der Waals surface area (Å²) in [6, 6.07) is 3.78. The Morgan fingerprint density at radius 1 is 0.696 bits per heavy atom. The summed E-state index contributed by atoms with van der Waals surface area (Å²) in [4.78, 5) is 24.7. The van der Waals surface area contributed by atoms with Gasteiger partial charge in [0.1, 0.15) is 24.7 Å². The molecule has 0 spiro atoms. The summed E-state index contributed by atoms with van der Waals surface area (Å²) in [6.45, 7) is 12.4. The van der Waals surface area contributed by atoms with Gasteiger partial charge in [0, 0.05) is 24.0 Å². The van der Waals surface area contributed by atoms with E-state index >= 15 is 0 Å². The van der Waals surface area contributed by atoms with Crippen LogP contribution in [-0.4, -0.2) is 62.3 Å². The zero-order valence-corrected chi connectivity index (χ0v) is 29.5. The molecular weight excluding hydrogens is 584 g/mol. The molecule has 0 aliphatic heterocycles.